The van der Waals surface area contributed by atoms with Crippen LogP contribution in [-0.2, 0) is 0 Å². The number of benzene rings is 1. The molecule has 0 aliphatic carbocycles. The number of nitrogens with one attached hydrogen (secondary N) is 1. The summed E-state index contributed by atoms with van der Waals surface area (Å²) in [5, 5.41) is 2.63. The molecule has 0 heterocycles. The van der Waals surface area contributed by atoms with Crippen molar-refractivity contribution in [1.29, 1.82) is 0 Å². The van der Waals surface area contributed by atoms with Crippen LogP contribution < -0.4 is 15.8 Å². The summed E-state index contributed by atoms with van der Waals surface area (Å²) in [5.41, 5.74) is 5.79. The first kappa shape index (κ1) is 12.5. The Labute approximate surface area is 95.8 Å². The Hall–Kier alpha value is -1.55. The van der Waals surface area contributed by atoms with E-state index in [2.05, 4.69) is 5.32 Å². The fourth-order valence-electron chi connectivity index (χ4n) is 1.07. The van der Waals surface area contributed by atoms with Gasteiger partial charge in [0.05, 0.1) is 0 Å². The van der Waals surface area contributed by atoms with Crippen LogP contribution in [0.4, 0.5) is 4.79 Å². The second-order valence-corrected chi connectivity index (χ2v) is 3.99. The van der Waals surface area contributed by atoms with E-state index in [-0.39, 0.29) is 6.04 Å². The SMILES string of the molecule is CC(C)C(N)CNC(=O)Oc1ccccc1. The van der Waals surface area contributed by atoms with E-state index in [0.29, 0.717) is 18.2 Å². The lowest BCUT2D eigenvalue weighted by molar-refractivity contribution is 0.199. The second-order valence-electron chi connectivity index (χ2n) is 3.99. The number of para-hydroxylation sites is 1. The summed E-state index contributed by atoms with van der Waals surface area (Å²) < 4.78 is 5.04. The molecule has 0 saturated heterocycles. The number of ether oxygens (including phenoxy) is 1. The van der Waals surface area contributed by atoms with E-state index in [0.717, 1.165) is 0 Å². The van der Waals surface area contributed by atoms with Crippen molar-refractivity contribution in [3.8, 4) is 5.75 Å². The summed E-state index contributed by atoms with van der Waals surface area (Å²) in [6, 6.07) is 8.87. The molecule has 4 heteroatoms. The second kappa shape index (κ2) is 6.12. The molecule has 1 unspecified atom stereocenters. The molecule has 3 N–H and O–H groups in total. The van der Waals surface area contributed by atoms with Gasteiger partial charge in [0.1, 0.15) is 5.75 Å². The van der Waals surface area contributed by atoms with E-state index in [4.69, 9.17) is 10.5 Å². The van der Waals surface area contributed by atoms with Crippen LogP contribution in [0.15, 0.2) is 30.3 Å². The fourth-order valence-corrected chi connectivity index (χ4v) is 1.07. The zero-order chi connectivity index (χ0) is 12.0. The van der Waals surface area contributed by atoms with Gasteiger partial charge in [0.15, 0.2) is 0 Å². The van der Waals surface area contributed by atoms with Crippen molar-refractivity contribution in [3.63, 3.8) is 0 Å². The van der Waals surface area contributed by atoms with Gasteiger partial charge in [-0.1, -0.05) is 32.0 Å². The van der Waals surface area contributed by atoms with Crippen LogP contribution in [0.25, 0.3) is 0 Å². The standard InChI is InChI=1S/C12H18N2O2/c1-9(2)11(13)8-14-12(15)16-10-6-4-3-5-7-10/h3-7,9,11H,8,13H2,1-2H3,(H,14,15). The highest BCUT2D eigenvalue weighted by Gasteiger charge is 2.10. The molecule has 4 nitrogen and oxygen atoms in total. The first-order chi connectivity index (χ1) is 7.59. The van der Waals surface area contributed by atoms with E-state index in [1.807, 2.05) is 32.0 Å². The minimum Gasteiger partial charge on any atom is -0.410 e. The van der Waals surface area contributed by atoms with Crippen molar-refractivity contribution in [2.24, 2.45) is 11.7 Å². The molecule has 1 aromatic rings. The summed E-state index contributed by atoms with van der Waals surface area (Å²) in [6.45, 7) is 4.44. The first-order valence-corrected chi connectivity index (χ1v) is 5.36. The third kappa shape index (κ3) is 4.31. The predicted octanol–water partition coefficient (Wildman–Crippen LogP) is 1.76. The van der Waals surface area contributed by atoms with Gasteiger partial charge < -0.3 is 15.8 Å². The van der Waals surface area contributed by atoms with Gasteiger partial charge in [0.25, 0.3) is 0 Å². The molecule has 0 aliphatic heterocycles. The predicted molar refractivity (Wildman–Crippen MR) is 63.3 cm³/mol. The zero-order valence-electron chi connectivity index (χ0n) is 9.64. The number of hydrogen-bond acceptors (Lipinski definition) is 3. The van der Waals surface area contributed by atoms with Crippen LogP contribution >= 0.6 is 0 Å². The first-order valence-electron chi connectivity index (χ1n) is 5.36. The third-order valence-corrected chi connectivity index (χ3v) is 2.29. The molecule has 88 valence electrons. The van der Waals surface area contributed by atoms with E-state index in [1.165, 1.54) is 0 Å². The van der Waals surface area contributed by atoms with Crippen molar-refractivity contribution >= 4 is 6.09 Å². The Morgan fingerprint density at radius 1 is 1.38 bits per heavy atom. The highest BCUT2D eigenvalue weighted by Crippen LogP contribution is 2.08. The summed E-state index contributed by atoms with van der Waals surface area (Å²) in [7, 11) is 0. The van der Waals surface area contributed by atoms with E-state index in [1.54, 1.807) is 12.1 Å². The normalized spacial score (nSPS) is 12.2. The lowest BCUT2D eigenvalue weighted by atomic mass is 10.1. The summed E-state index contributed by atoms with van der Waals surface area (Å²) in [6.07, 6.45) is -0.470. The maximum Gasteiger partial charge on any atom is 0.412 e. The van der Waals surface area contributed by atoms with Crippen molar-refractivity contribution in [2.45, 2.75) is 19.9 Å². The number of hydrogen-bond donors (Lipinski definition) is 2. The highest BCUT2D eigenvalue weighted by molar-refractivity contribution is 5.70. The molecule has 1 amide bonds. The molecule has 1 atom stereocenters. The van der Waals surface area contributed by atoms with Crippen molar-refractivity contribution in [1.82, 2.24) is 5.32 Å². The largest absolute Gasteiger partial charge is 0.412 e. The molecule has 0 fully saturated rings. The number of nitrogens with two attached hydrogens (primary N) is 1. The molecule has 16 heavy (non-hydrogen) atoms. The van der Waals surface area contributed by atoms with Crippen molar-refractivity contribution in [3.05, 3.63) is 30.3 Å². The molecule has 0 spiro atoms. The number of rotatable bonds is 4. The zero-order valence-corrected chi connectivity index (χ0v) is 9.64. The topological polar surface area (TPSA) is 64.3 Å². The van der Waals surface area contributed by atoms with Crippen LogP contribution in [0.3, 0.4) is 0 Å². The number of carbonyl (C=O) groups is 1. The maximum atomic E-state index is 11.4. The van der Waals surface area contributed by atoms with Crippen LogP contribution in [-0.4, -0.2) is 18.7 Å². The van der Waals surface area contributed by atoms with Gasteiger partial charge in [-0.15, -0.1) is 0 Å². The van der Waals surface area contributed by atoms with Gasteiger partial charge in [0, 0.05) is 12.6 Å². The number of carbonyl (C=O) groups excluding carboxylic acids is 1. The van der Waals surface area contributed by atoms with Gasteiger partial charge in [0.2, 0.25) is 0 Å². The molecule has 0 aromatic heterocycles. The quantitative estimate of drug-likeness (QED) is 0.815. The molecule has 0 radical (unpaired) electrons. The van der Waals surface area contributed by atoms with Crippen molar-refractivity contribution < 1.29 is 9.53 Å². The van der Waals surface area contributed by atoms with Gasteiger partial charge in [-0.2, -0.15) is 0 Å². The summed E-state index contributed by atoms with van der Waals surface area (Å²) in [5.74, 6) is 0.857. The lowest BCUT2D eigenvalue weighted by Gasteiger charge is -2.15. The van der Waals surface area contributed by atoms with Gasteiger partial charge in [-0.05, 0) is 18.1 Å². The Balaban J connectivity index is 2.32. The lowest BCUT2D eigenvalue weighted by Crippen LogP contribution is -2.41. The molecule has 0 saturated carbocycles. The fraction of sp³-hybridized carbons (Fsp3) is 0.417. The van der Waals surface area contributed by atoms with E-state index >= 15 is 0 Å². The summed E-state index contributed by atoms with van der Waals surface area (Å²) >= 11 is 0. The van der Waals surface area contributed by atoms with Crippen molar-refractivity contribution in [2.75, 3.05) is 6.54 Å². The Kier molecular flexibility index (Phi) is 4.79. The Morgan fingerprint density at radius 3 is 2.56 bits per heavy atom. The van der Waals surface area contributed by atoms with Gasteiger partial charge in [-0.3, -0.25) is 0 Å². The van der Waals surface area contributed by atoms with E-state index in [9.17, 15) is 4.79 Å². The smallest absolute Gasteiger partial charge is 0.410 e. The molecule has 1 rings (SSSR count). The molecule has 1 aromatic carbocycles. The van der Waals surface area contributed by atoms with Gasteiger partial charge >= 0.3 is 6.09 Å². The monoisotopic (exact) mass is 222 g/mol. The number of amides is 1. The minimum atomic E-state index is -0.470. The molecular formula is C12H18N2O2. The average molecular weight is 222 g/mol. The Bertz CT molecular complexity index is 325. The average Bonchev–Trinajstić information content (AvgIpc) is 2.27. The van der Waals surface area contributed by atoms with Gasteiger partial charge in [-0.25, -0.2) is 4.79 Å². The molecule has 0 aliphatic rings. The van der Waals surface area contributed by atoms with Crippen LogP contribution in [0, 0.1) is 5.92 Å². The molecule has 0 bridgehead atoms. The Morgan fingerprint density at radius 2 is 2.00 bits per heavy atom. The highest BCUT2D eigenvalue weighted by atomic mass is 16.6. The van der Waals surface area contributed by atoms with E-state index < -0.39 is 6.09 Å². The maximum absolute atomic E-state index is 11.4. The third-order valence-electron chi connectivity index (χ3n) is 2.29. The molecular weight excluding hydrogens is 204 g/mol. The van der Waals surface area contributed by atoms with Crippen LogP contribution in [0.2, 0.25) is 0 Å². The summed E-state index contributed by atoms with van der Waals surface area (Å²) in [4.78, 5) is 11.4. The van der Waals surface area contributed by atoms with Crippen LogP contribution in [0.5, 0.6) is 5.75 Å². The van der Waals surface area contributed by atoms with Crippen LogP contribution in [0.1, 0.15) is 13.8 Å². The minimum absolute atomic E-state index is 0.0525.